The Balaban J connectivity index is 2.83. The average Bonchev–Trinajstić information content (AvgIpc) is 2.54. The number of carbonyl (C=O) groups is 2. The van der Waals surface area contributed by atoms with Gasteiger partial charge in [0.25, 0.3) is 5.91 Å². The van der Waals surface area contributed by atoms with Crippen molar-refractivity contribution in [3.63, 3.8) is 0 Å². The lowest BCUT2D eigenvalue weighted by Gasteiger charge is -2.10. The van der Waals surface area contributed by atoms with Crippen molar-refractivity contribution in [3.05, 3.63) is 41.6 Å². The van der Waals surface area contributed by atoms with Crippen LogP contribution in [0.15, 0.2) is 36.0 Å². The topological polar surface area (TPSA) is 91.2 Å². The number of hydrogen-bond acceptors (Lipinski definition) is 5. The standard InChI is InChI=1S/C16H19N3O3/c1-4-11(2)19-15(20)13(9-17)10-18-14-7-5-6-12(8-14)16(21)22-3/h5-8,10-11,18H,4H2,1-3H3,(H,19,20)/b13-10-. The molecule has 0 saturated heterocycles. The van der Waals surface area contributed by atoms with E-state index >= 15 is 0 Å². The molecule has 0 saturated carbocycles. The SMILES string of the molecule is CCC(C)NC(=O)/C(C#N)=C\Nc1cccc(C(=O)OC)c1. The molecule has 1 atom stereocenters. The molecule has 6 nitrogen and oxygen atoms in total. The number of rotatable bonds is 6. The zero-order chi connectivity index (χ0) is 16.5. The summed E-state index contributed by atoms with van der Waals surface area (Å²) in [5.74, 6) is -0.892. The second-order valence-electron chi connectivity index (χ2n) is 4.67. The molecule has 2 N–H and O–H groups in total. The number of benzene rings is 1. The molecule has 0 aliphatic rings. The lowest BCUT2D eigenvalue weighted by atomic mass is 10.2. The van der Waals surface area contributed by atoms with Crippen LogP contribution in [-0.2, 0) is 9.53 Å². The third kappa shape index (κ3) is 4.94. The smallest absolute Gasteiger partial charge is 0.337 e. The summed E-state index contributed by atoms with van der Waals surface area (Å²) in [7, 11) is 1.30. The van der Waals surface area contributed by atoms with Gasteiger partial charge in [-0.3, -0.25) is 4.79 Å². The van der Waals surface area contributed by atoms with E-state index in [4.69, 9.17) is 5.26 Å². The molecule has 6 heteroatoms. The van der Waals surface area contributed by atoms with Gasteiger partial charge >= 0.3 is 5.97 Å². The van der Waals surface area contributed by atoms with Crippen LogP contribution >= 0.6 is 0 Å². The number of amides is 1. The van der Waals surface area contributed by atoms with Crippen LogP contribution < -0.4 is 10.6 Å². The first-order valence-corrected chi connectivity index (χ1v) is 6.87. The Labute approximate surface area is 129 Å². The van der Waals surface area contributed by atoms with E-state index in [2.05, 4.69) is 15.4 Å². The van der Waals surface area contributed by atoms with Crippen LogP contribution in [0.1, 0.15) is 30.6 Å². The molecular weight excluding hydrogens is 282 g/mol. The van der Waals surface area contributed by atoms with Crippen LogP contribution in [0.5, 0.6) is 0 Å². The Morgan fingerprint density at radius 3 is 2.77 bits per heavy atom. The molecule has 0 aromatic heterocycles. The molecule has 0 heterocycles. The minimum Gasteiger partial charge on any atom is -0.465 e. The second-order valence-corrected chi connectivity index (χ2v) is 4.67. The molecule has 1 aromatic rings. The molecule has 1 unspecified atom stereocenters. The first-order chi connectivity index (χ1) is 10.5. The van der Waals surface area contributed by atoms with E-state index in [1.165, 1.54) is 13.3 Å². The lowest BCUT2D eigenvalue weighted by molar-refractivity contribution is -0.117. The summed E-state index contributed by atoms with van der Waals surface area (Å²) in [6.45, 7) is 3.80. The number of nitrogens with zero attached hydrogens (tertiary/aromatic N) is 1. The first-order valence-electron chi connectivity index (χ1n) is 6.87. The van der Waals surface area contributed by atoms with Gasteiger partial charge in [-0.2, -0.15) is 5.26 Å². The largest absolute Gasteiger partial charge is 0.465 e. The highest BCUT2D eigenvalue weighted by atomic mass is 16.5. The van der Waals surface area contributed by atoms with Crippen molar-refractivity contribution in [3.8, 4) is 6.07 Å². The molecular formula is C16H19N3O3. The Morgan fingerprint density at radius 1 is 1.45 bits per heavy atom. The van der Waals surface area contributed by atoms with E-state index < -0.39 is 11.9 Å². The highest BCUT2D eigenvalue weighted by Gasteiger charge is 2.11. The Kier molecular flexibility index (Phi) is 6.64. The molecule has 116 valence electrons. The van der Waals surface area contributed by atoms with E-state index in [0.717, 1.165) is 6.42 Å². The maximum absolute atomic E-state index is 11.9. The van der Waals surface area contributed by atoms with Crippen molar-refractivity contribution in [1.82, 2.24) is 5.32 Å². The Bertz CT molecular complexity index is 617. The van der Waals surface area contributed by atoms with Gasteiger partial charge in [-0.25, -0.2) is 4.79 Å². The predicted molar refractivity (Wildman–Crippen MR) is 83.0 cm³/mol. The third-order valence-corrected chi connectivity index (χ3v) is 3.02. The van der Waals surface area contributed by atoms with Crippen molar-refractivity contribution < 1.29 is 14.3 Å². The molecule has 0 radical (unpaired) electrons. The van der Waals surface area contributed by atoms with E-state index in [1.54, 1.807) is 24.3 Å². The van der Waals surface area contributed by atoms with Gasteiger partial charge < -0.3 is 15.4 Å². The van der Waals surface area contributed by atoms with Crippen LogP contribution in [0.4, 0.5) is 5.69 Å². The number of esters is 1. The average molecular weight is 301 g/mol. The van der Waals surface area contributed by atoms with Gasteiger partial charge in [-0.05, 0) is 31.5 Å². The van der Waals surface area contributed by atoms with Crippen molar-refractivity contribution in [1.29, 1.82) is 5.26 Å². The van der Waals surface area contributed by atoms with Crippen molar-refractivity contribution in [2.75, 3.05) is 12.4 Å². The van der Waals surface area contributed by atoms with Crippen LogP contribution in [0.2, 0.25) is 0 Å². The van der Waals surface area contributed by atoms with Crippen molar-refractivity contribution in [2.24, 2.45) is 0 Å². The Hall–Kier alpha value is -2.81. The quantitative estimate of drug-likeness (QED) is 0.477. The zero-order valence-corrected chi connectivity index (χ0v) is 12.8. The van der Waals surface area contributed by atoms with Gasteiger partial charge in [0, 0.05) is 17.9 Å². The molecule has 1 amide bonds. The van der Waals surface area contributed by atoms with E-state index in [9.17, 15) is 9.59 Å². The summed E-state index contributed by atoms with van der Waals surface area (Å²) in [5, 5.41) is 14.6. The van der Waals surface area contributed by atoms with E-state index in [1.807, 2.05) is 19.9 Å². The number of ether oxygens (including phenoxy) is 1. The van der Waals surface area contributed by atoms with Gasteiger partial charge in [0.05, 0.1) is 12.7 Å². The zero-order valence-electron chi connectivity index (χ0n) is 12.8. The summed E-state index contributed by atoms with van der Waals surface area (Å²) in [4.78, 5) is 23.3. The van der Waals surface area contributed by atoms with E-state index in [-0.39, 0.29) is 11.6 Å². The predicted octanol–water partition coefficient (Wildman–Crippen LogP) is 2.21. The Morgan fingerprint density at radius 2 is 2.18 bits per heavy atom. The number of carbonyl (C=O) groups excluding carboxylic acids is 2. The molecule has 0 fully saturated rings. The van der Waals surface area contributed by atoms with Gasteiger partial charge in [0.1, 0.15) is 11.6 Å². The molecule has 22 heavy (non-hydrogen) atoms. The monoisotopic (exact) mass is 301 g/mol. The fraction of sp³-hybridized carbons (Fsp3) is 0.312. The second kappa shape index (κ2) is 8.47. The number of anilines is 1. The minimum atomic E-state index is -0.456. The molecule has 0 bridgehead atoms. The first kappa shape index (κ1) is 17.2. The maximum Gasteiger partial charge on any atom is 0.337 e. The summed E-state index contributed by atoms with van der Waals surface area (Å²) >= 11 is 0. The summed E-state index contributed by atoms with van der Waals surface area (Å²) in [5.41, 5.74) is 0.916. The van der Waals surface area contributed by atoms with Crippen molar-refractivity contribution >= 4 is 17.6 Å². The summed E-state index contributed by atoms with van der Waals surface area (Å²) in [6.07, 6.45) is 2.09. The van der Waals surface area contributed by atoms with Gasteiger partial charge in [0.15, 0.2) is 0 Å². The highest BCUT2D eigenvalue weighted by molar-refractivity contribution is 5.97. The van der Waals surface area contributed by atoms with Gasteiger partial charge in [-0.15, -0.1) is 0 Å². The number of hydrogen-bond donors (Lipinski definition) is 2. The van der Waals surface area contributed by atoms with Gasteiger partial charge in [-0.1, -0.05) is 13.0 Å². The van der Waals surface area contributed by atoms with Crippen LogP contribution in [0.25, 0.3) is 0 Å². The number of nitrogens with one attached hydrogen (secondary N) is 2. The fourth-order valence-corrected chi connectivity index (χ4v) is 1.56. The molecule has 0 aliphatic heterocycles. The number of nitriles is 1. The lowest BCUT2D eigenvalue weighted by Crippen LogP contribution is -2.33. The highest BCUT2D eigenvalue weighted by Crippen LogP contribution is 2.12. The maximum atomic E-state index is 11.9. The van der Waals surface area contributed by atoms with Crippen molar-refractivity contribution in [2.45, 2.75) is 26.3 Å². The molecule has 1 aromatic carbocycles. The van der Waals surface area contributed by atoms with Gasteiger partial charge in [0.2, 0.25) is 0 Å². The molecule has 0 spiro atoms. The number of methoxy groups -OCH3 is 1. The third-order valence-electron chi connectivity index (χ3n) is 3.02. The van der Waals surface area contributed by atoms with Crippen LogP contribution in [0, 0.1) is 11.3 Å². The van der Waals surface area contributed by atoms with E-state index in [0.29, 0.717) is 11.3 Å². The molecule has 0 aliphatic carbocycles. The summed E-state index contributed by atoms with van der Waals surface area (Å²) < 4.78 is 4.63. The minimum absolute atomic E-state index is 0.00750. The molecule has 1 rings (SSSR count). The van der Waals surface area contributed by atoms with Crippen LogP contribution in [-0.4, -0.2) is 25.0 Å². The van der Waals surface area contributed by atoms with Crippen LogP contribution in [0.3, 0.4) is 0 Å². The summed E-state index contributed by atoms with van der Waals surface area (Å²) in [6, 6.07) is 8.41. The normalized spacial score (nSPS) is 12.0. The fourth-order valence-electron chi connectivity index (χ4n) is 1.56.